The summed E-state index contributed by atoms with van der Waals surface area (Å²) in [4.78, 5) is 26.0. The molecule has 0 spiro atoms. The molecule has 3 atom stereocenters. The fraction of sp³-hybridized carbons (Fsp3) is 0.867. The van der Waals surface area contributed by atoms with Crippen molar-refractivity contribution in [1.82, 2.24) is 4.90 Å². The zero-order chi connectivity index (χ0) is 15.5. The molecule has 0 aliphatic carbocycles. The summed E-state index contributed by atoms with van der Waals surface area (Å²) in [5.41, 5.74) is -0.790. The molecule has 6 heteroatoms. The number of carbonyl (C=O) groups is 2. The smallest absolute Gasteiger partial charge is 0.311 e. The quantitative estimate of drug-likeness (QED) is 0.758. The van der Waals surface area contributed by atoms with Gasteiger partial charge >= 0.3 is 5.97 Å². The summed E-state index contributed by atoms with van der Waals surface area (Å²) >= 11 is 1.67. The van der Waals surface area contributed by atoms with E-state index in [0.29, 0.717) is 32.7 Å². The van der Waals surface area contributed by atoms with E-state index in [1.165, 1.54) is 0 Å². The average Bonchev–Trinajstić information content (AvgIpc) is 2.87. The molecule has 0 bridgehead atoms. The molecule has 0 aromatic rings. The van der Waals surface area contributed by atoms with Gasteiger partial charge in [-0.05, 0) is 25.5 Å². The Balaban J connectivity index is 1.99. The number of carboxylic acids is 1. The fourth-order valence-corrected chi connectivity index (χ4v) is 4.30. The first-order chi connectivity index (χ1) is 10.0. The molecule has 2 rings (SSSR count). The monoisotopic (exact) mass is 315 g/mol. The van der Waals surface area contributed by atoms with Gasteiger partial charge in [0.2, 0.25) is 5.91 Å². The summed E-state index contributed by atoms with van der Waals surface area (Å²) in [6, 6.07) is 0. The topological polar surface area (TPSA) is 66.8 Å². The van der Waals surface area contributed by atoms with Gasteiger partial charge in [0, 0.05) is 25.6 Å². The Morgan fingerprint density at radius 2 is 2.29 bits per heavy atom. The van der Waals surface area contributed by atoms with Gasteiger partial charge in [0.05, 0.1) is 17.3 Å². The normalized spacial score (nSPS) is 30.0. The van der Waals surface area contributed by atoms with E-state index in [0.717, 1.165) is 18.6 Å². The number of hydrogen-bond donors (Lipinski definition) is 1. The lowest BCUT2D eigenvalue weighted by Gasteiger charge is -2.33. The van der Waals surface area contributed by atoms with Gasteiger partial charge in [0.15, 0.2) is 0 Å². The van der Waals surface area contributed by atoms with Crippen molar-refractivity contribution in [3.8, 4) is 0 Å². The van der Waals surface area contributed by atoms with Crippen LogP contribution in [-0.2, 0) is 14.3 Å². The van der Waals surface area contributed by atoms with E-state index in [1.807, 2.05) is 6.92 Å². The maximum atomic E-state index is 12.5. The van der Waals surface area contributed by atoms with Crippen LogP contribution in [-0.4, -0.2) is 59.2 Å². The van der Waals surface area contributed by atoms with Crippen LogP contribution in [0, 0.1) is 11.3 Å². The van der Waals surface area contributed by atoms with E-state index >= 15 is 0 Å². The number of carbonyl (C=O) groups excluding carboxylic acids is 1. The lowest BCUT2D eigenvalue weighted by Crippen LogP contribution is -2.45. The second-order valence-corrected chi connectivity index (χ2v) is 7.52. The number of unbranched alkanes of at least 4 members (excludes halogenated alkanes) is 1. The number of likely N-dealkylation sites (tertiary alicyclic amines) is 1. The molecule has 5 nitrogen and oxygen atoms in total. The minimum absolute atomic E-state index is 0.0689. The molecular formula is C15H25NO4S. The van der Waals surface area contributed by atoms with E-state index in [9.17, 15) is 14.7 Å². The number of amides is 1. The highest BCUT2D eigenvalue weighted by Gasteiger charge is 2.55. The van der Waals surface area contributed by atoms with Gasteiger partial charge in [0.25, 0.3) is 0 Å². The van der Waals surface area contributed by atoms with Crippen molar-refractivity contribution in [2.75, 3.05) is 32.1 Å². The van der Waals surface area contributed by atoms with Crippen molar-refractivity contribution in [1.29, 1.82) is 0 Å². The van der Waals surface area contributed by atoms with Crippen LogP contribution in [0.4, 0.5) is 0 Å². The molecule has 2 saturated heterocycles. The minimum atomic E-state index is -0.790. The van der Waals surface area contributed by atoms with Crippen molar-refractivity contribution in [3.05, 3.63) is 0 Å². The Bertz CT molecular complexity index is 403. The van der Waals surface area contributed by atoms with Crippen molar-refractivity contribution in [2.45, 2.75) is 38.4 Å². The zero-order valence-corrected chi connectivity index (χ0v) is 13.7. The molecule has 2 aliphatic heterocycles. The van der Waals surface area contributed by atoms with Gasteiger partial charge in [-0.2, -0.15) is 0 Å². The van der Waals surface area contributed by atoms with Gasteiger partial charge in [0.1, 0.15) is 0 Å². The standard InChI is InChI=1S/C15H25NO4S/c1-3-4-7-21-11(2)13(17)16-8-12-9-20-6-5-15(12,10-16)14(18)19/h11-12H,3-10H2,1-2H3,(H,18,19)/t11?,12-,15+/m0/s1. The highest BCUT2D eigenvalue weighted by Crippen LogP contribution is 2.42. The average molecular weight is 315 g/mol. The van der Waals surface area contributed by atoms with Gasteiger partial charge in [-0.1, -0.05) is 13.3 Å². The molecule has 21 heavy (non-hydrogen) atoms. The van der Waals surface area contributed by atoms with E-state index < -0.39 is 11.4 Å². The summed E-state index contributed by atoms with van der Waals surface area (Å²) in [6.45, 7) is 5.85. The molecule has 0 aromatic carbocycles. The van der Waals surface area contributed by atoms with E-state index in [-0.39, 0.29) is 17.1 Å². The summed E-state index contributed by atoms with van der Waals surface area (Å²) in [6.07, 6.45) is 2.74. The van der Waals surface area contributed by atoms with Crippen LogP contribution in [0.3, 0.4) is 0 Å². The van der Waals surface area contributed by atoms with E-state index in [4.69, 9.17) is 4.74 Å². The van der Waals surface area contributed by atoms with Crippen LogP contribution < -0.4 is 0 Å². The Hall–Kier alpha value is -0.750. The predicted octanol–water partition coefficient (Wildman–Crippen LogP) is 1.86. The molecule has 0 saturated carbocycles. The molecule has 2 heterocycles. The maximum absolute atomic E-state index is 12.5. The highest BCUT2D eigenvalue weighted by molar-refractivity contribution is 8.00. The SMILES string of the molecule is CCCCSC(C)C(=O)N1C[C@H]2COCC[C@@]2(C(=O)O)C1. The number of rotatable bonds is 6. The maximum Gasteiger partial charge on any atom is 0.311 e. The molecule has 1 amide bonds. The highest BCUT2D eigenvalue weighted by atomic mass is 32.2. The number of carboxylic acid groups (broad SMARTS) is 1. The molecule has 2 aliphatic rings. The van der Waals surface area contributed by atoms with E-state index in [2.05, 4.69) is 6.92 Å². The molecule has 1 N–H and O–H groups in total. The predicted molar refractivity (Wildman–Crippen MR) is 82.4 cm³/mol. The van der Waals surface area contributed by atoms with Crippen molar-refractivity contribution in [3.63, 3.8) is 0 Å². The summed E-state index contributed by atoms with van der Waals surface area (Å²) in [5, 5.41) is 9.52. The number of hydrogen-bond acceptors (Lipinski definition) is 4. The Kier molecular flexibility index (Phi) is 5.54. The first kappa shape index (κ1) is 16.6. The number of thioether (sulfide) groups is 1. The first-order valence-corrected chi connectivity index (χ1v) is 8.77. The second kappa shape index (κ2) is 7.01. The van der Waals surface area contributed by atoms with Gasteiger partial charge in [-0.25, -0.2) is 0 Å². The number of ether oxygens (including phenoxy) is 1. The molecule has 1 unspecified atom stereocenters. The third-order valence-electron chi connectivity index (χ3n) is 4.66. The third kappa shape index (κ3) is 3.37. The van der Waals surface area contributed by atoms with Crippen molar-refractivity contribution >= 4 is 23.6 Å². The van der Waals surface area contributed by atoms with Gasteiger partial charge in [-0.3, -0.25) is 9.59 Å². The molecular weight excluding hydrogens is 290 g/mol. The van der Waals surface area contributed by atoms with Crippen LogP contribution >= 0.6 is 11.8 Å². The van der Waals surface area contributed by atoms with Crippen LogP contribution in [0.2, 0.25) is 0 Å². The van der Waals surface area contributed by atoms with Crippen LogP contribution in [0.1, 0.15) is 33.1 Å². The summed E-state index contributed by atoms with van der Waals surface area (Å²) in [7, 11) is 0. The van der Waals surface area contributed by atoms with Crippen molar-refractivity contribution in [2.24, 2.45) is 11.3 Å². The molecule has 2 fully saturated rings. The Labute approximate surface area is 130 Å². The summed E-state index contributed by atoms with van der Waals surface area (Å²) in [5.74, 6) is 0.206. The lowest BCUT2D eigenvalue weighted by atomic mass is 9.74. The minimum Gasteiger partial charge on any atom is -0.481 e. The molecule has 0 aromatic heterocycles. The number of aliphatic carboxylic acids is 1. The summed E-state index contributed by atoms with van der Waals surface area (Å²) < 4.78 is 5.42. The van der Waals surface area contributed by atoms with Crippen LogP contribution in [0.15, 0.2) is 0 Å². The van der Waals surface area contributed by atoms with E-state index in [1.54, 1.807) is 16.7 Å². The van der Waals surface area contributed by atoms with Crippen molar-refractivity contribution < 1.29 is 19.4 Å². The second-order valence-electron chi connectivity index (χ2n) is 6.07. The van der Waals surface area contributed by atoms with Crippen LogP contribution in [0.5, 0.6) is 0 Å². The van der Waals surface area contributed by atoms with Gasteiger partial charge in [-0.15, -0.1) is 11.8 Å². The lowest BCUT2D eigenvalue weighted by molar-refractivity contribution is -0.157. The number of nitrogens with zero attached hydrogens (tertiary/aromatic N) is 1. The number of fused-ring (bicyclic) bond motifs is 1. The Morgan fingerprint density at radius 1 is 1.52 bits per heavy atom. The first-order valence-electron chi connectivity index (χ1n) is 7.73. The Morgan fingerprint density at radius 3 is 2.90 bits per heavy atom. The fourth-order valence-electron chi connectivity index (χ4n) is 3.20. The third-order valence-corrected chi connectivity index (χ3v) is 5.88. The molecule has 0 radical (unpaired) electrons. The molecule has 120 valence electrons. The largest absolute Gasteiger partial charge is 0.481 e. The van der Waals surface area contributed by atoms with Crippen LogP contribution in [0.25, 0.3) is 0 Å². The zero-order valence-electron chi connectivity index (χ0n) is 12.8. The van der Waals surface area contributed by atoms with Gasteiger partial charge < -0.3 is 14.7 Å².